The monoisotopic (exact) mass is 785 g/mol. The summed E-state index contributed by atoms with van der Waals surface area (Å²) in [6.45, 7) is 7.04. The molecule has 2 aromatic heterocycles. The van der Waals surface area contributed by atoms with E-state index in [4.69, 9.17) is 19.8 Å². The summed E-state index contributed by atoms with van der Waals surface area (Å²) in [6.07, 6.45) is 11.0. The van der Waals surface area contributed by atoms with Gasteiger partial charge < -0.3 is 46.6 Å². The maximum atomic E-state index is 12.3. The van der Waals surface area contributed by atoms with Crippen LogP contribution in [0.15, 0.2) is 24.3 Å². The van der Waals surface area contributed by atoms with E-state index < -0.39 is 13.8 Å². The molecule has 3 heterocycles. The molecule has 3 aromatic rings. The summed E-state index contributed by atoms with van der Waals surface area (Å²) in [4.78, 5) is 53.7. The fraction of sp³-hybridized carbons (Fsp3) is 0.694. The number of tetrazole rings is 1. The van der Waals surface area contributed by atoms with E-state index in [-0.39, 0.29) is 37.2 Å². The molecule has 2 amide bonds. The zero-order valence-electron chi connectivity index (χ0n) is 31.9. The quantitative estimate of drug-likeness (QED) is 0.0479. The Balaban J connectivity index is 0.978. The number of piperidine rings is 1. The second-order valence-electron chi connectivity index (χ2n) is 14.5. The van der Waals surface area contributed by atoms with Crippen molar-refractivity contribution in [3.8, 4) is 0 Å². The number of carbonyl (C=O) groups is 2. The van der Waals surface area contributed by atoms with Crippen molar-refractivity contribution in [2.75, 3.05) is 69.2 Å². The van der Waals surface area contributed by atoms with Crippen molar-refractivity contribution in [1.29, 1.82) is 0 Å². The minimum absolute atomic E-state index is 0.0866. The number of aromatic nitrogens is 6. The van der Waals surface area contributed by atoms with Crippen molar-refractivity contribution in [2.24, 2.45) is 0 Å². The Labute approximate surface area is 323 Å². The van der Waals surface area contributed by atoms with Crippen molar-refractivity contribution in [3.63, 3.8) is 0 Å². The Morgan fingerprint density at radius 1 is 0.818 bits per heavy atom. The Hall–Kier alpha value is -3.80. The lowest BCUT2D eigenvalue weighted by molar-refractivity contribution is -0.122. The number of para-hydroxylation sites is 1. The van der Waals surface area contributed by atoms with E-state index in [0.29, 0.717) is 31.5 Å². The van der Waals surface area contributed by atoms with Crippen LogP contribution in [0.3, 0.4) is 0 Å². The number of nitrogens with one attached hydrogen (secondary N) is 6. The molecule has 1 aliphatic heterocycles. The predicted molar refractivity (Wildman–Crippen MR) is 212 cm³/mol. The zero-order chi connectivity index (χ0) is 38.7. The number of rotatable bonds is 24. The van der Waals surface area contributed by atoms with Crippen LogP contribution in [-0.4, -0.2) is 127 Å². The number of carbonyl (C=O) groups excluding carboxylic acids is 2. The molecule has 0 unspecified atom stereocenters. The standard InChI is InChI=1S/C36H60N13O5P/c50-33(13-6-14-34(51)40-21-26-55(52,53)54)39-20-25-48-23-15-29(16-24-48)42-35-30-11-4-5-12-31(30)43-36(44-35)41-27-32-45-46-47-49(32)22-8-18-37-17-7-19-38-28-9-2-1-3-10-28/h4-5,11-12,28-29,37-38H,1-3,6-10,13-27H2,(H,39,50)(H,40,51)(H2,52,53,54)(H2,41,42,43,44). The number of aryl methyl sites for hydroxylation is 1. The van der Waals surface area contributed by atoms with Gasteiger partial charge in [0.15, 0.2) is 5.82 Å². The summed E-state index contributed by atoms with van der Waals surface area (Å²) in [5.74, 6) is 1.58. The smallest absolute Gasteiger partial charge is 0.327 e. The summed E-state index contributed by atoms with van der Waals surface area (Å²) in [7, 11) is -4.14. The lowest BCUT2D eigenvalue weighted by Gasteiger charge is -2.32. The highest BCUT2D eigenvalue weighted by atomic mass is 31.2. The van der Waals surface area contributed by atoms with E-state index in [1.807, 2.05) is 28.9 Å². The van der Waals surface area contributed by atoms with Gasteiger partial charge in [-0.15, -0.1) is 5.10 Å². The van der Waals surface area contributed by atoms with E-state index in [0.717, 1.165) is 94.0 Å². The average molecular weight is 786 g/mol. The van der Waals surface area contributed by atoms with Gasteiger partial charge in [0.2, 0.25) is 17.8 Å². The highest BCUT2D eigenvalue weighted by molar-refractivity contribution is 7.51. The lowest BCUT2D eigenvalue weighted by Crippen LogP contribution is -2.42. The highest BCUT2D eigenvalue weighted by Crippen LogP contribution is 2.32. The van der Waals surface area contributed by atoms with Crippen molar-refractivity contribution >= 4 is 42.1 Å². The Bertz CT molecular complexity index is 1660. The van der Waals surface area contributed by atoms with Crippen LogP contribution in [0.4, 0.5) is 11.8 Å². The lowest BCUT2D eigenvalue weighted by atomic mass is 9.95. The number of nitrogens with zero attached hydrogens (tertiary/aromatic N) is 7. The van der Waals surface area contributed by atoms with Crippen molar-refractivity contribution in [1.82, 2.24) is 56.3 Å². The third-order valence-corrected chi connectivity index (χ3v) is 10.9. The first-order valence-electron chi connectivity index (χ1n) is 20.0. The van der Waals surface area contributed by atoms with Gasteiger partial charge in [-0.05, 0) is 87.1 Å². The number of hydrogen-bond donors (Lipinski definition) is 8. The normalized spacial score (nSPS) is 16.0. The van der Waals surface area contributed by atoms with Crippen molar-refractivity contribution in [3.05, 3.63) is 30.1 Å². The van der Waals surface area contributed by atoms with Gasteiger partial charge in [0, 0.05) is 69.6 Å². The number of benzene rings is 1. The average Bonchev–Trinajstić information content (AvgIpc) is 3.63. The molecule has 0 atom stereocenters. The molecule has 19 heteroatoms. The van der Waals surface area contributed by atoms with Crippen molar-refractivity contribution in [2.45, 2.75) is 102 Å². The first kappa shape index (κ1) is 42.3. The van der Waals surface area contributed by atoms with Gasteiger partial charge in [0.05, 0.1) is 18.2 Å². The first-order valence-corrected chi connectivity index (χ1v) is 21.8. The molecule has 18 nitrogen and oxygen atoms in total. The van der Waals surface area contributed by atoms with E-state index in [9.17, 15) is 14.2 Å². The fourth-order valence-corrected chi connectivity index (χ4v) is 7.43. The number of hydrogen-bond acceptors (Lipinski definition) is 13. The van der Waals surface area contributed by atoms with Crippen LogP contribution < -0.4 is 31.9 Å². The van der Waals surface area contributed by atoms with Gasteiger partial charge in [-0.1, -0.05) is 31.4 Å². The molecule has 8 N–H and O–H groups in total. The first-order chi connectivity index (χ1) is 26.7. The second kappa shape index (κ2) is 22.7. The van der Waals surface area contributed by atoms with Crippen LogP contribution in [0, 0.1) is 0 Å². The largest absolute Gasteiger partial charge is 0.367 e. The van der Waals surface area contributed by atoms with Gasteiger partial charge in [0.25, 0.3) is 0 Å². The SMILES string of the molecule is O=C(CCCC(=O)NCCP(=O)(O)O)NCCN1CCC(Nc2nc(NCc3nnnn3CCCNCCCNC3CCCCC3)nc3ccccc23)CC1. The minimum Gasteiger partial charge on any atom is -0.367 e. The Morgan fingerprint density at radius 3 is 2.35 bits per heavy atom. The molecule has 2 aliphatic rings. The molecule has 0 bridgehead atoms. The fourth-order valence-electron chi connectivity index (χ4n) is 7.03. The maximum absolute atomic E-state index is 12.3. The van der Waals surface area contributed by atoms with Gasteiger partial charge in [-0.3, -0.25) is 14.2 Å². The van der Waals surface area contributed by atoms with E-state index in [2.05, 4.69) is 52.3 Å². The molecule has 0 spiro atoms. The van der Waals surface area contributed by atoms with E-state index in [1.54, 1.807) is 0 Å². The molecule has 0 radical (unpaired) electrons. The molecule has 55 heavy (non-hydrogen) atoms. The topological polar surface area (TPSA) is 236 Å². The minimum atomic E-state index is -4.14. The van der Waals surface area contributed by atoms with Gasteiger partial charge >= 0.3 is 7.60 Å². The third-order valence-electron chi connectivity index (χ3n) is 10.1. The Kier molecular flexibility index (Phi) is 17.5. The molecular weight excluding hydrogens is 725 g/mol. The molecular formula is C36H60N13O5P. The summed E-state index contributed by atoms with van der Waals surface area (Å²) in [5.41, 5.74) is 0.843. The number of amides is 2. The van der Waals surface area contributed by atoms with Crippen molar-refractivity contribution < 1.29 is 23.9 Å². The third kappa shape index (κ3) is 15.7. The summed E-state index contributed by atoms with van der Waals surface area (Å²) >= 11 is 0. The van der Waals surface area contributed by atoms with Gasteiger partial charge in [0.1, 0.15) is 5.82 Å². The summed E-state index contributed by atoms with van der Waals surface area (Å²) in [6, 6.07) is 8.92. The zero-order valence-corrected chi connectivity index (χ0v) is 32.8. The Morgan fingerprint density at radius 2 is 1.56 bits per heavy atom. The van der Waals surface area contributed by atoms with Crippen LogP contribution in [0.5, 0.6) is 0 Å². The second-order valence-corrected chi connectivity index (χ2v) is 16.3. The van der Waals surface area contributed by atoms with Gasteiger partial charge in [-0.25, -0.2) is 9.67 Å². The van der Waals surface area contributed by atoms with Gasteiger partial charge in [-0.2, -0.15) is 4.98 Å². The molecule has 1 saturated heterocycles. The van der Waals surface area contributed by atoms with E-state index >= 15 is 0 Å². The molecule has 1 aromatic carbocycles. The highest BCUT2D eigenvalue weighted by Gasteiger charge is 2.21. The molecule has 1 aliphatic carbocycles. The summed E-state index contributed by atoms with van der Waals surface area (Å²) < 4.78 is 12.7. The van der Waals surface area contributed by atoms with Crippen LogP contribution in [0.2, 0.25) is 0 Å². The molecule has 5 rings (SSSR count). The number of anilines is 2. The van der Waals surface area contributed by atoms with Crippen LogP contribution in [0.1, 0.15) is 82.9 Å². The molecule has 304 valence electrons. The van der Waals surface area contributed by atoms with Crippen LogP contribution in [0.25, 0.3) is 10.9 Å². The van der Waals surface area contributed by atoms with Crippen LogP contribution in [-0.2, 0) is 27.2 Å². The number of fused-ring (bicyclic) bond motifs is 1. The molecule has 2 fully saturated rings. The molecule has 1 saturated carbocycles. The van der Waals surface area contributed by atoms with Crippen LogP contribution >= 0.6 is 7.60 Å². The number of likely N-dealkylation sites (tertiary alicyclic amines) is 1. The maximum Gasteiger partial charge on any atom is 0.327 e. The van der Waals surface area contributed by atoms with E-state index in [1.165, 1.54) is 32.1 Å². The predicted octanol–water partition coefficient (Wildman–Crippen LogP) is 1.98. The summed E-state index contributed by atoms with van der Waals surface area (Å²) in [5, 5.41) is 33.0.